The number of thiophene rings is 1. The van der Waals surface area contributed by atoms with Crippen LogP contribution in [0, 0.1) is 6.92 Å². The Hall–Kier alpha value is -0.750. The Morgan fingerprint density at radius 1 is 1.17 bits per heavy atom. The summed E-state index contributed by atoms with van der Waals surface area (Å²) in [7, 11) is -3.86. The lowest BCUT2D eigenvalue weighted by Gasteiger charge is -2.07. The number of hydrogen-bond acceptors (Lipinski definition) is 4. The van der Waals surface area contributed by atoms with Crippen molar-refractivity contribution >= 4 is 44.7 Å². The Morgan fingerprint density at radius 2 is 1.89 bits per heavy atom. The molecule has 96 valence electrons. The number of halogens is 2. The van der Waals surface area contributed by atoms with Gasteiger partial charge in [-0.1, -0.05) is 29.3 Å². The molecule has 7 heteroatoms. The minimum absolute atomic E-state index is 0.0234. The van der Waals surface area contributed by atoms with Gasteiger partial charge in [0.1, 0.15) is 5.02 Å². The topological polar surface area (TPSA) is 43.4 Å². The fourth-order valence-corrected chi connectivity index (χ4v) is 3.82. The molecule has 1 aromatic carbocycles. The fourth-order valence-electron chi connectivity index (χ4n) is 1.25. The van der Waals surface area contributed by atoms with Gasteiger partial charge in [-0.2, -0.15) is 8.42 Å². The monoisotopic (exact) mass is 322 g/mol. The molecule has 0 fully saturated rings. The third-order valence-electron chi connectivity index (χ3n) is 2.08. The van der Waals surface area contributed by atoms with Crippen LogP contribution in [0.4, 0.5) is 0 Å². The summed E-state index contributed by atoms with van der Waals surface area (Å²) < 4.78 is 29.0. The quantitative estimate of drug-likeness (QED) is 0.798. The highest BCUT2D eigenvalue weighted by atomic mass is 35.5. The van der Waals surface area contributed by atoms with Gasteiger partial charge in [-0.25, -0.2) is 0 Å². The molecule has 2 rings (SSSR count). The summed E-state index contributed by atoms with van der Waals surface area (Å²) in [5.74, 6) is 0.0234. The molecule has 0 aliphatic rings. The van der Waals surface area contributed by atoms with E-state index in [2.05, 4.69) is 0 Å². The van der Waals surface area contributed by atoms with Crippen LogP contribution < -0.4 is 4.18 Å². The van der Waals surface area contributed by atoms with Gasteiger partial charge in [-0.05, 0) is 31.2 Å². The first-order valence-corrected chi connectivity index (χ1v) is 7.83. The lowest BCUT2D eigenvalue weighted by Crippen LogP contribution is -2.08. The Morgan fingerprint density at radius 3 is 2.50 bits per heavy atom. The zero-order valence-electron chi connectivity index (χ0n) is 9.18. The summed E-state index contributed by atoms with van der Waals surface area (Å²) in [6, 6.07) is 7.78. The molecule has 0 aliphatic heterocycles. The van der Waals surface area contributed by atoms with E-state index in [1.807, 2.05) is 6.92 Å². The van der Waals surface area contributed by atoms with E-state index in [-0.39, 0.29) is 20.0 Å². The molecule has 18 heavy (non-hydrogen) atoms. The van der Waals surface area contributed by atoms with Gasteiger partial charge >= 0.3 is 10.1 Å². The molecule has 0 unspecified atom stereocenters. The van der Waals surface area contributed by atoms with Crippen molar-refractivity contribution in [3.63, 3.8) is 0 Å². The van der Waals surface area contributed by atoms with Crippen LogP contribution in [0.25, 0.3) is 0 Å². The zero-order chi connectivity index (χ0) is 13.3. The zero-order valence-corrected chi connectivity index (χ0v) is 12.3. The third kappa shape index (κ3) is 2.80. The van der Waals surface area contributed by atoms with Crippen LogP contribution in [0.1, 0.15) is 4.88 Å². The first kappa shape index (κ1) is 13.7. The third-order valence-corrected chi connectivity index (χ3v) is 5.56. The van der Waals surface area contributed by atoms with Crippen molar-refractivity contribution in [3.8, 4) is 5.75 Å². The Kier molecular flexibility index (Phi) is 3.87. The number of hydrogen-bond donors (Lipinski definition) is 0. The summed E-state index contributed by atoms with van der Waals surface area (Å²) in [5.41, 5.74) is 0. The van der Waals surface area contributed by atoms with Crippen molar-refractivity contribution < 1.29 is 12.6 Å². The Balaban J connectivity index is 2.37. The van der Waals surface area contributed by atoms with Crippen molar-refractivity contribution in [1.82, 2.24) is 0 Å². The van der Waals surface area contributed by atoms with Gasteiger partial charge < -0.3 is 4.18 Å². The molecule has 0 N–H and O–H groups in total. The molecule has 0 saturated carbocycles. The SMILES string of the molecule is Cc1ccc(S(=O)(=O)Oc2cccc(Cl)c2Cl)s1. The van der Waals surface area contributed by atoms with Crippen molar-refractivity contribution in [2.75, 3.05) is 0 Å². The van der Waals surface area contributed by atoms with Crippen LogP contribution in [0.15, 0.2) is 34.5 Å². The maximum absolute atomic E-state index is 12.0. The maximum atomic E-state index is 12.0. The van der Waals surface area contributed by atoms with Gasteiger partial charge in [0.15, 0.2) is 9.96 Å². The van der Waals surface area contributed by atoms with Gasteiger partial charge in [0.2, 0.25) is 0 Å². The molecule has 3 nitrogen and oxygen atoms in total. The molecule has 0 amide bonds. The molecule has 0 aliphatic carbocycles. The summed E-state index contributed by atoms with van der Waals surface area (Å²) in [6.07, 6.45) is 0. The van der Waals surface area contributed by atoms with Crippen LogP contribution in [-0.2, 0) is 10.1 Å². The van der Waals surface area contributed by atoms with E-state index in [1.54, 1.807) is 18.2 Å². The Bertz CT molecular complexity index is 677. The van der Waals surface area contributed by atoms with E-state index in [0.717, 1.165) is 16.2 Å². The molecule has 2 aromatic rings. The normalized spacial score (nSPS) is 11.5. The van der Waals surface area contributed by atoms with E-state index < -0.39 is 10.1 Å². The number of benzene rings is 1. The molecule has 0 spiro atoms. The molecule has 0 radical (unpaired) electrons. The lowest BCUT2D eigenvalue weighted by atomic mass is 10.3. The van der Waals surface area contributed by atoms with Gasteiger partial charge in [0.05, 0.1) is 5.02 Å². The molecular formula is C11H8Cl2O3S2. The average molecular weight is 323 g/mol. The summed E-state index contributed by atoms with van der Waals surface area (Å²) >= 11 is 12.8. The molecule has 1 heterocycles. The van der Waals surface area contributed by atoms with Crippen molar-refractivity contribution in [2.24, 2.45) is 0 Å². The summed E-state index contributed by atoms with van der Waals surface area (Å²) in [5, 5.41) is 0.322. The number of rotatable bonds is 3. The second-order valence-corrected chi connectivity index (χ2v) is 7.30. The van der Waals surface area contributed by atoms with E-state index in [1.165, 1.54) is 12.1 Å². The maximum Gasteiger partial charge on any atom is 0.348 e. The van der Waals surface area contributed by atoms with Crippen molar-refractivity contribution in [2.45, 2.75) is 11.1 Å². The first-order valence-electron chi connectivity index (χ1n) is 4.85. The summed E-state index contributed by atoms with van der Waals surface area (Å²) in [6.45, 7) is 1.82. The number of aryl methyl sites for hydroxylation is 1. The molecule has 0 atom stereocenters. The highest BCUT2D eigenvalue weighted by molar-refractivity contribution is 7.89. The predicted molar refractivity (Wildman–Crippen MR) is 73.3 cm³/mol. The fraction of sp³-hybridized carbons (Fsp3) is 0.0909. The Labute approximate surface area is 119 Å². The standard InChI is InChI=1S/C11H8Cl2O3S2/c1-7-5-6-10(17-7)18(14,15)16-9-4-2-3-8(12)11(9)13/h2-6H,1H3. The van der Waals surface area contributed by atoms with Gasteiger partial charge in [0.25, 0.3) is 0 Å². The largest absolute Gasteiger partial charge is 0.377 e. The highest BCUT2D eigenvalue weighted by Gasteiger charge is 2.20. The van der Waals surface area contributed by atoms with Crippen LogP contribution in [0.2, 0.25) is 10.0 Å². The van der Waals surface area contributed by atoms with Gasteiger partial charge in [0, 0.05) is 4.88 Å². The molecule has 0 bridgehead atoms. The van der Waals surface area contributed by atoms with E-state index in [4.69, 9.17) is 27.4 Å². The molecule has 0 saturated heterocycles. The lowest BCUT2D eigenvalue weighted by molar-refractivity contribution is 0.488. The average Bonchev–Trinajstić information content (AvgIpc) is 2.72. The van der Waals surface area contributed by atoms with Gasteiger partial charge in [-0.15, -0.1) is 11.3 Å². The van der Waals surface area contributed by atoms with E-state index >= 15 is 0 Å². The van der Waals surface area contributed by atoms with Crippen LogP contribution in [0.5, 0.6) is 5.75 Å². The van der Waals surface area contributed by atoms with E-state index in [0.29, 0.717) is 0 Å². The van der Waals surface area contributed by atoms with Crippen molar-refractivity contribution in [1.29, 1.82) is 0 Å². The first-order chi connectivity index (χ1) is 8.40. The van der Waals surface area contributed by atoms with Gasteiger partial charge in [-0.3, -0.25) is 0 Å². The van der Waals surface area contributed by atoms with E-state index in [9.17, 15) is 8.42 Å². The molecule has 1 aromatic heterocycles. The minimum Gasteiger partial charge on any atom is -0.377 e. The second kappa shape index (κ2) is 5.09. The van der Waals surface area contributed by atoms with Crippen molar-refractivity contribution in [3.05, 3.63) is 45.3 Å². The smallest absolute Gasteiger partial charge is 0.348 e. The second-order valence-electron chi connectivity index (χ2n) is 3.45. The predicted octanol–water partition coefficient (Wildman–Crippen LogP) is 4.13. The highest BCUT2D eigenvalue weighted by Crippen LogP contribution is 2.34. The summed E-state index contributed by atoms with van der Waals surface area (Å²) in [4.78, 5) is 0.884. The minimum atomic E-state index is -3.86. The van der Waals surface area contributed by atoms with Crippen LogP contribution in [0.3, 0.4) is 0 Å². The molecular weight excluding hydrogens is 315 g/mol. The van der Waals surface area contributed by atoms with Crippen LogP contribution in [-0.4, -0.2) is 8.42 Å². The van der Waals surface area contributed by atoms with Crippen LogP contribution >= 0.6 is 34.5 Å².